The smallest absolute Gasteiger partial charge is 0.388 e. The summed E-state index contributed by atoms with van der Waals surface area (Å²) in [5.74, 6) is -0.712. The molecule has 2 rings (SSSR count). The van der Waals surface area contributed by atoms with Crippen LogP contribution in [0, 0.1) is 0 Å². The maximum absolute atomic E-state index is 12.6. The lowest BCUT2D eigenvalue weighted by Crippen LogP contribution is -2.29. The van der Waals surface area contributed by atoms with Gasteiger partial charge in [0.1, 0.15) is 10.7 Å². The molecule has 114 valence electrons. The van der Waals surface area contributed by atoms with Crippen molar-refractivity contribution in [3.05, 3.63) is 31.2 Å². The van der Waals surface area contributed by atoms with E-state index in [1.807, 2.05) is 6.92 Å². The number of benzene rings is 1. The van der Waals surface area contributed by atoms with Gasteiger partial charge in [0.15, 0.2) is 0 Å². The Morgan fingerprint density at radius 1 is 1.24 bits per heavy atom. The van der Waals surface area contributed by atoms with Crippen molar-refractivity contribution in [2.75, 3.05) is 18.6 Å². The molecule has 1 unspecified atom stereocenters. The second kappa shape index (κ2) is 6.44. The molecule has 1 heterocycles. The number of halogens is 4. The molecule has 1 aromatic carbocycles. The molecule has 0 radical (unpaired) electrons. The molecule has 0 amide bonds. The minimum Gasteiger partial charge on any atom is -0.606 e. The molecule has 1 aliphatic rings. The van der Waals surface area contributed by atoms with Gasteiger partial charge < -0.3 is 14.2 Å². The Kier molecular flexibility index (Phi) is 5.23. The van der Waals surface area contributed by atoms with Gasteiger partial charge in [-0.2, -0.15) is 0 Å². The zero-order valence-corrected chi connectivity index (χ0v) is 14.7. The summed E-state index contributed by atoms with van der Waals surface area (Å²) >= 11 is 22.5. The van der Waals surface area contributed by atoms with Crippen LogP contribution in [0.2, 0.25) is 20.1 Å². The molecule has 0 aromatic heterocycles. The fraction of sp³-hybridized carbons (Fsp3) is 0.250. The average molecular weight is 389 g/mol. The van der Waals surface area contributed by atoms with E-state index in [0.717, 1.165) is 0 Å². The highest BCUT2D eigenvalue weighted by atomic mass is 35.5. The monoisotopic (exact) mass is 387 g/mol. The van der Waals surface area contributed by atoms with Gasteiger partial charge in [-0.05, 0) is 6.92 Å². The first-order valence-corrected chi connectivity index (χ1v) is 8.35. The van der Waals surface area contributed by atoms with E-state index in [1.165, 1.54) is 13.3 Å². The van der Waals surface area contributed by atoms with Gasteiger partial charge in [-0.25, -0.2) is 4.79 Å². The molecule has 4 nitrogen and oxygen atoms in total. The number of hydrogen-bond donors (Lipinski definition) is 0. The Hall–Kier alpha value is -0.300. The quantitative estimate of drug-likeness (QED) is 0.328. The van der Waals surface area contributed by atoms with E-state index in [4.69, 9.17) is 46.4 Å². The molecule has 0 aliphatic carbocycles. The van der Waals surface area contributed by atoms with Crippen LogP contribution in [0.25, 0.3) is 0 Å². The van der Waals surface area contributed by atoms with Gasteiger partial charge in [-0.1, -0.05) is 46.4 Å². The van der Waals surface area contributed by atoms with Crippen molar-refractivity contribution in [2.24, 2.45) is 0 Å². The number of esters is 1. The van der Waals surface area contributed by atoms with Crippen molar-refractivity contribution < 1.29 is 14.1 Å². The zero-order chi connectivity index (χ0) is 15.9. The van der Waals surface area contributed by atoms with Crippen LogP contribution in [0.1, 0.15) is 6.92 Å². The van der Waals surface area contributed by atoms with Gasteiger partial charge in [0.25, 0.3) is 4.91 Å². The highest BCUT2D eigenvalue weighted by Crippen LogP contribution is 2.51. The highest BCUT2D eigenvalue weighted by Gasteiger charge is 2.40. The molecular formula is C12H9Cl4NO3S. The van der Waals surface area contributed by atoms with E-state index in [2.05, 4.69) is 4.74 Å². The zero-order valence-electron chi connectivity index (χ0n) is 10.9. The lowest BCUT2D eigenvalue weighted by atomic mass is 10.2. The van der Waals surface area contributed by atoms with Crippen molar-refractivity contribution in [3.63, 3.8) is 0 Å². The predicted molar refractivity (Wildman–Crippen MR) is 86.0 cm³/mol. The molecule has 0 saturated heterocycles. The van der Waals surface area contributed by atoms with Gasteiger partial charge in [-0.3, -0.25) is 0 Å². The Morgan fingerprint density at radius 3 is 2.33 bits per heavy atom. The van der Waals surface area contributed by atoms with Crippen LogP contribution in [0.15, 0.2) is 16.0 Å². The maximum Gasteiger partial charge on any atom is 0.388 e. The van der Waals surface area contributed by atoms with Crippen LogP contribution in [0.4, 0.5) is 5.69 Å². The van der Waals surface area contributed by atoms with Crippen LogP contribution in [-0.2, 0) is 20.7 Å². The van der Waals surface area contributed by atoms with Crippen molar-refractivity contribution in [2.45, 2.75) is 11.8 Å². The molecule has 0 saturated carbocycles. The molecule has 0 spiro atoms. The molecule has 0 N–H and O–H groups in total. The van der Waals surface area contributed by atoms with E-state index < -0.39 is 17.1 Å². The van der Waals surface area contributed by atoms with Crippen molar-refractivity contribution in [1.82, 2.24) is 0 Å². The van der Waals surface area contributed by atoms with Gasteiger partial charge in [0, 0.05) is 17.7 Å². The van der Waals surface area contributed by atoms with Crippen LogP contribution in [0.5, 0.6) is 0 Å². The second-order valence-electron chi connectivity index (χ2n) is 3.97. The summed E-state index contributed by atoms with van der Waals surface area (Å²) < 4.78 is 17.2. The average Bonchev–Trinajstić information content (AvgIpc) is 2.49. The summed E-state index contributed by atoms with van der Waals surface area (Å²) in [6.07, 6.45) is 1.41. The van der Waals surface area contributed by atoms with Crippen LogP contribution < -0.4 is 4.90 Å². The topological polar surface area (TPSA) is 52.6 Å². The number of carbonyl (C=O) groups excluding carboxylic acids is 1. The first-order valence-electron chi connectivity index (χ1n) is 5.69. The molecule has 1 aliphatic heterocycles. The fourth-order valence-corrected chi connectivity index (χ4v) is 4.48. The number of rotatable bonds is 2. The van der Waals surface area contributed by atoms with Gasteiger partial charge in [-0.15, -0.1) is 0 Å². The Balaban J connectivity index is 2.76. The predicted octanol–water partition coefficient (Wildman–Crippen LogP) is 4.26. The van der Waals surface area contributed by atoms with Crippen molar-refractivity contribution >= 4 is 69.2 Å². The second-order valence-corrected chi connectivity index (χ2v) is 6.87. The summed E-state index contributed by atoms with van der Waals surface area (Å²) in [7, 11) is 1.20. The lowest BCUT2D eigenvalue weighted by Gasteiger charge is -2.29. The van der Waals surface area contributed by atoms with E-state index >= 15 is 0 Å². The van der Waals surface area contributed by atoms with Gasteiger partial charge >= 0.3 is 5.97 Å². The summed E-state index contributed by atoms with van der Waals surface area (Å²) in [5, 5.41) is 0.217. The molecule has 1 aromatic rings. The third-order valence-corrected chi connectivity index (χ3v) is 6.22. The molecule has 9 heteroatoms. The standard InChI is InChI=1S/C12H9Cl4NO3S/c1-3-17-4-5(12(18)20-2)21(19)11-9(16)7(14)6(13)8(15)10(11)17/h4H,3H2,1-2H3. The number of ether oxygens (including phenoxy) is 1. The maximum atomic E-state index is 12.6. The minimum absolute atomic E-state index is 0.00222. The van der Waals surface area contributed by atoms with E-state index in [-0.39, 0.29) is 29.9 Å². The molecule has 21 heavy (non-hydrogen) atoms. The molecular weight excluding hydrogens is 380 g/mol. The summed E-state index contributed by atoms with van der Waals surface area (Å²) in [5.41, 5.74) is 0.379. The number of methoxy groups -OCH3 is 1. The number of nitrogens with zero attached hydrogens (tertiary/aromatic N) is 1. The molecule has 0 fully saturated rings. The van der Waals surface area contributed by atoms with Gasteiger partial charge in [0.2, 0.25) is 4.90 Å². The normalized spacial score (nSPS) is 17.4. The third-order valence-electron chi connectivity index (χ3n) is 2.87. The summed E-state index contributed by atoms with van der Waals surface area (Å²) in [6.45, 7) is 2.29. The van der Waals surface area contributed by atoms with E-state index in [9.17, 15) is 9.35 Å². The van der Waals surface area contributed by atoms with Crippen molar-refractivity contribution in [3.8, 4) is 0 Å². The first kappa shape index (κ1) is 17.1. The van der Waals surface area contributed by atoms with Crippen LogP contribution in [-0.4, -0.2) is 24.2 Å². The highest BCUT2D eigenvalue weighted by molar-refractivity contribution is 7.96. The minimum atomic E-state index is -1.86. The summed E-state index contributed by atoms with van der Waals surface area (Å²) in [4.78, 5) is 13.5. The Labute approximate surface area is 144 Å². The SMILES string of the molecule is CCN1C=C(C(=O)OC)[S+]([O-])c2c(Cl)c(Cl)c(Cl)c(Cl)c21. The Morgan fingerprint density at radius 2 is 1.81 bits per heavy atom. The summed E-state index contributed by atoms with van der Waals surface area (Å²) in [6, 6.07) is 0. The number of carbonyl (C=O) groups is 1. The van der Waals surface area contributed by atoms with Crippen molar-refractivity contribution in [1.29, 1.82) is 0 Å². The van der Waals surface area contributed by atoms with Gasteiger partial charge in [0.05, 0.1) is 28.4 Å². The largest absolute Gasteiger partial charge is 0.606 e. The fourth-order valence-electron chi connectivity index (χ4n) is 1.87. The lowest BCUT2D eigenvalue weighted by molar-refractivity contribution is -0.135. The molecule has 1 atom stereocenters. The number of anilines is 1. The number of fused-ring (bicyclic) bond motifs is 1. The van der Waals surface area contributed by atoms with Crippen LogP contribution in [0.3, 0.4) is 0 Å². The molecule has 0 bridgehead atoms. The Bertz CT molecular complexity index is 650. The van der Waals surface area contributed by atoms with E-state index in [1.54, 1.807) is 4.90 Å². The third kappa shape index (κ3) is 2.71. The number of hydrogen-bond acceptors (Lipinski definition) is 4. The van der Waals surface area contributed by atoms with E-state index in [0.29, 0.717) is 12.2 Å². The van der Waals surface area contributed by atoms with Crippen LogP contribution >= 0.6 is 46.4 Å². The first-order chi connectivity index (χ1) is 9.84.